The first-order valence-corrected chi connectivity index (χ1v) is 31.2. The van der Waals surface area contributed by atoms with E-state index < -0.39 is 17.3 Å². The number of aldehydes is 1. The number of H-pyrrole nitrogens is 1. The zero-order valence-electron chi connectivity index (χ0n) is 51.3. The molecule has 0 unspecified atom stereocenters. The lowest BCUT2D eigenvalue weighted by Gasteiger charge is -2.40. The molecule has 0 bridgehead atoms. The van der Waals surface area contributed by atoms with Gasteiger partial charge in [-0.25, -0.2) is 29.4 Å². The third-order valence-electron chi connectivity index (χ3n) is 13.3. The number of aromatic nitrogens is 4. The van der Waals surface area contributed by atoms with Gasteiger partial charge in [-0.1, -0.05) is 82.1 Å². The van der Waals surface area contributed by atoms with Crippen LogP contribution in [0.15, 0.2) is 79.9 Å². The maximum Gasteiger partial charge on any atom is 0.316 e. The third kappa shape index (κ3) is 24.2. The van der Waals surface area contributed by atoms with E-state index in [1.54, 1.807) is 36.1 Å². The summed E-state index contributed by atoms with van der Waals surface area (Å²) in [6.45, 7) is 34.9. The Balaban J connectivity index is 0.000000356. The van der Waals surface area contributed by atoms with Crippen LogP contribution in [0.1, 0.15) is 101 Å². The van der Waals surface area contributed by atoms with Crippen molar-refractivity contribution in [2.75, 3.05) is 118 Å². The molecule has 19 nitrogen and oxygen atoms in total. The molecule has 3 fully saturated rings. The lowest BCUT2D eigenvalue weighted by Crippen LogP contribution is -2.55. The molecule has 0 spiro atoms. The number of aromatic amines is 1. The molecule has 3 aromatic heterocycles. The number of aliphatic imine (C=N–C) groups is 2. The molecule has 23 heteroatoms. The van der Waals surface area contributed by atoms with Gasteiger partial charge in [0.05, 0.1) is 52.0 Å². The predicted molar refractivity (Wildman–Crippen MR) is 346 cm³/mol. The number of piperazine rings is 2. The van der Waals surface area contributed by atoms with Crippen LogP contribution in [0.5, 0.6) is 0 Å². The van der Waals surface area contributed by atoms with Crippen molar-refractivity contribution < 1.29 is 33.0 Å². The van der Waals surface area contributed by atoms with E-state index in [0.717, 1.165) is 84.2 Å². The number of fused-ring (bicyclic) bond motifs is 2. The van der Waals surface area contributed by atoms with Crippen molar-refractivity contribution in [2.24, 2.45) is 15.9 Å². The SMILES string of the molecule is C=N/C(C)=N\C(=C)S.CC.CC.CNCC#Cc1cc2c(SCC(=O)OC(C)(C)C)nc(C)nc2s1.O=CCOCCN1CCC(CN2CCN(CC(=O)N3CCN(C(=O)c4cc(Cc5n[nH]c(=O)c6ccccc56)ccc4F)CC3)CC2)CC1. The van der Waals surface area contributed by atoms with E-state index in [9.17, 15) is 28.4 Å². The summed E-state index contributed by atoms with van der Waals surface area (Å²) < 4.78 is 25.6. The fourth-order valence-corrected chi connectivity index (χ4v) is 11.3. The standard InChI is InChI=1S/C36H46FN7O5.C17H21N3O2S2.C5H8N2S.2C2H6/c37-32-6-5-28(24-33-29-3-1-2-4-30(29)35(47)39-38-33)23-31(32)36(48)44-17-15-43(16-18-44)34(46)26-42-13-11-41(12-14-42)25-27-7-9-40(10-8-27)19-21-49-22-20-45;1-11-19-15(23-10-14(21)22-17(2,3)4)13-9-12(7-6-8-18-5)24-16(13)20-11;1-4(6-3)7-5(2)8;2*1-2/h1-6,20,23,27H,7-19,21-22,24-26H2,(H,39,47);9,18H,8,10H2,1-5H3;8H,2-3H2,1H3;2*1-2H3/b;;7-4-;;. The number of nitrogens with one attached hydrogen (secondary N) is 2. The Labute approximate surface area is 515 Å². The molecule has 0 saturated carbocycles. The largest absolute Gasteiger partial charge is 0.459 e. The summed E-state index contributed by atoms with van der Waals surface area (Å²) in [5, 5.41) is 13.2. The number of thiol groups is 1. The Hall–Kier alpha value is -6.23. The van der Waals surface area contributed by atoms with E-state index in [4.69, 9.17) is 9.47 Å². The number of ether oxygens (including phenoxy) is 2. The molecule has 6 heterocycles. The zero-order chi connectivity index (χ0) is 62.5. The smallest absolute Gasteiger partial charge is 0.316 e. The summed E-state index contributed by atoms with van der Waals surface area (Å²) in [6.07, 6.45) is 3.46. The zero-order valence-corrected chi connectivity index (χ0v) is 53.8. The maximum absolute atomic E-state index is 14.9. The number of aryl methyl sites for hydroxylation is 1. The predicted octanol–water partition coefficient (Wildman–Crippen LogP) is 8.05. The van der Waals surface area contributed by atoms with Gasteiger partial charge >= 0.3 is 5.97 Å². The summed E-state index contributed by atoms with van der Waals surface area (Å²) in [5.41, 5.74) is 0.594. The van der Waals surface area contributed by atoms with Crippen LogP contribution >= 0.6 is 35.7 Å². The minimum atomic E-state index is -0.589. The van der Waals surface area contributed by atoms with Gasteiger partial charge in [-0.15, -0.1) is 24.0 Å². The summed E-state index contributed by atoms with van der Waals surface area (Å²) >= 11 is 6.74. The van der Waals surface area contributed by atoms with Crippen molar-refractivity contribution in [1.82, 2.24) is 50.0 Å². The third-order valence-corrected chi connectivity index (χ3v) is 15.3. The highest BCUT2D eigenvalue weighted by atomic mass is 32.2. The maximum atomic E-state index is 14.9. The molecule has 2 aromatic carbocycles. The lowest BCUT2D eigenvalue weighted by molar-refractivity contribution is -0.151. The first kappa shape index (κ1) is 71.3. The molecule has 2 amide bonds. The van der Waals surface area contributed by atoms with Crippen LogP contribution in [0.25, 0.3) is 21.0 Å². The number of hydrogen-bond acceptors (Lipinski definition) is 18. The Morgan fingerprint density at radius 3 is 2.21 bits per heavy atom. The van der Waals surface area contributed by atoms with Crippen molar-refractivity contribution >= 4 is 93.3 Å². The molecule has 0 atom stereocenters. The number of amides is 2. The van der Waals surface area contributed by atoms with Crippen LogP contribution in [-0.4, -0.2) is 205 Å². The van der Waals surface area contributed by atoms with E-state index >= 15 is 0 Å². The normalized spacial score (nSPS) is 15.1. The molecule has 0 radical (unpaired) electrons. The molecule has 3 aliphatic heterocycles. The molecule has 3 saturated heterocycles. The van der Waals surface area contributed by atoms with E-state index in [0.29, 0.717) is 91.5 Å². The molecular formula is C62H87FN12O7S3. The second-order valence-corrected chi connectivity index (χ2v) is 23.2. The number of nitrogens with zero attached hydrogens (tertiary/aromatic N) is 10. The number of amidine groups is 1. The Kier molecular flexibility index (Phi) is 31.3. The average molecular weight is 1230 g/mol. The van der Waals surface area contributed by atoms with Gasteiger partial charge in [-0.05, 0) is 110 Å². The van der Waals surface area contributed by atoms with Crippen molar-refractivity contribution in [2.45, 2.75) is 92.2 Å². The van der Waals surface area contributed by atoms with Crippen LogP contribution in [-0.2, 0) is 30.3 Å². The average Bonchev–Trinajstić information content (AvgIpc) is 3.08. The quantitative estimate of drug-likeness (QED) is 0.00926. The van der Waals surface area contributed by atoms with E-state index in [2.05, 4.69) is 87.9 Å². The van der Waals surface area contributed by atoms with E-state index in [1.165, 1.54) is 42.0 Å². The first-order chi connectivity index (χ1) is 40.8. The highest BCUT2D eigenvalue weighted by molar-refractivity contribution is 8.00. The number of thioether (sulfide) groups is 1. The van der Waals surface area contributed by atoms with Crippen LogP contribution in [0.4, 0.5) is 4.39 Å². The minimum absolute atomic E-state index is 0.00452. The fraction of sp³-hybridized carbons (Fsp3) is 0.516. The van der Waals surface area contributed by atoms with Gasteiger partial charge in [0.25, 0.3) is 11.5 Å². The molecule has 3 aliphatic rings. The Morgan fingerprint density at radius 2 is 1.59 bits per heavy atom. The molecular weight excluding hydrogens is 1140 g/mol. The van der Waals surface area contributed by atoms with Crippen molar-refractivity contribution in [1.29, 1.82) is 0 Å². The van der Waals surface area contributed by atoms with Gasteiger partial charge in [0.2, 0.25) is 5.91 Å². The van der Waals surface area contributed by atoms with Crippen LogP contribution < -0.4 is 10.9 Å². The summed E-state index contributed by atoms with van der Waals surface area (Å²) in [6, 6.07) is 13.7. The second-order valence-electron chi connectivity index (χ2n) is 20.7. The molecule has 8 rings (SSSR count). The van der Waals surface area contributed by atoms with Crippen molar-refractivity contribution in [3.05, 3.63) is 104 Å². The molecule has 85 heavy (non-hydrogen) atoms. The van der Waals surface area contributed by atoms with Crippen LogP contribution in [0, 0.1) is 30.5 Å². The molecule has 5 aromatic rings. The Bertz CT molecular complexity index is 3130. The van der Waals surface area contributed by atoms with Gasteiger partial charge in [0.15, 0.2) is 0 Å². The number of carbonyl (C=O) groups is 4. The van der Waals surface area contributed by atoms with Crippen molar-refractivity contribution in [3.8, 4) is 11.8 Å². The van der Waals surface area contributed by atoms with Gasteiger partial charge in [0.1, 0.15) is 45.8 Å². The van der Waals surface area contributed by atoms with Crippen LogP contribution in [0.2, 0.25) is 0 Å². The fourth-order valence-electron chi connectivity index (χ4n) is 9.29. The van der Waals surface area contributed by atoms with Crippen LogP contribution in [0.3, 0.4) is 0 Å². The summed E-state index contributed by atoms with van der Waals surface area (Å²) in [4.78, 5) is 89.7. The first-order valence-electron chi connectivity index (χ1n) is 29.0. The molecule has 462 valence electrons. The minimum Gasteiger partial charge on any atom is -0.459 e. The number of piperidine rings is 1. The van der Waals surface area contributed by atoms with Gasteiger partial charge in [0, 0.05) is 82.6 Å². The summed E-state index contributed by atoms with van der Waals surface area (Å²) in [7, 11) is 1.86. The highest BCUT2D eigenvalue weighted by Gasteiger charge is 2.30. The summed E-state index contributed by atoms with van der Waals surface area (Å²) in [5.74, 6) is 7.17. The lowest BCUT2D eigenvalue weighted by atomic mass is 9.96. The number of carbonyl (C=O) groups excluding carboxylic acids is 4. The highest BCUT2D eigenvalue weighted by Crippen LogP contribution is 2.32. The van der Waals surface area contributed by atoms with Crippen molar-refractivity contribution in [3.63, 3.8) is 0 Å². The second kappa shape index (κ2) is 37.4. The topological polar surface area (TPSA) is 211 Å². The van der Waals surface area contributed by atoms with Gasteiger partial charge < -0.3 is 39.2 Å². The Morgan fingerprint density at radius 1 is 0.929 bits per heavy atom. The number of benzene rings is 2. The molecule has 2 N–H and O–H groups in total. The van der Waals surface area contributed by atoms with Gasteiger partial charge in [-0.3, -0.25) is 24.1 Å². The monoisotopic (exact) mass is 1230 g/mol. The van der Waals surface area contributed by atoms with E-state index in [-0.39, 0.29) is 35.4 Å². The number of hydrogen-bond donors (Lipinski definition) is 3. The molecule has 0 aliphatic carbocycles. The number of esters is 1. The number of thiophene rings is 1. The number of rotatable bonds is 17. The number of halogens is 1. The number of likely N-dealkylation sites (tertiary alicyclic amines) is 1. The van der Waals surface area contributed by atoms with Gasteiger partial charge in [-0.2, -0.15) is 5.10 Å². The van der Waals surface area contributed by atoms with E-state index in [1.807, 2.05) is 85.5 Å².